The Hall–Kier alpha value is -3.41. The molecule has 1 heterocycles. The number of amides is 3. The number of nitrogens with zero attached hydrogens (tertiary/aromatic N) is 1. The fraction of sp³-hybridized carbons (Fsp3) is 0.292. The molecule has 6 nitrogen and oxygen atoms in total. The highest BCUT2D eigenvalue weighted by Gasteiger charge is 2.46. The third-order valence-corrected chi connectivity index (χ3v) is 5.50. The van der Waals surface area contributed by atoms with Crippen molar-refractivity contribution in [3.63, 3.8) is 0 Å². The van der Waals surface area contributed by atoms with Gasteiger partial charge in [-0.15, -0.1) is 0 Å². The number of carbonyl (C=O) groups is 3. The van der Waals surface area contributed by atoms with Gasteiger partial charge in [0.05, 0.1) is 11.8 Å². The van der Waals surface area contributed by atoms with Crippen molar-refractivity contribution in [3.05, 3.63) is 66.7 Å². The van der Waals surface area contributed by atoms with Crippen LogP contribution in [-0.2, 0) is 14.4 Å². The van der Waals surface area contributed by atoms with Crippen molar-refractivity contribution in [1.82, 2.24) is 4.90 Å². The van der Waals surface area contributed by atoms with Gasteiger partial charge in [-0.05, 0) is 55.7 Å². The number of likely N-dealkylation sites (tertiary alicyclic amines) is 1. The van der Waals surface area contributed by atoms with Crippen molar-refractivity contribution in [2.45, 2.75) is 25.7 Å². The highest BCUT2D eigenvalue weighted by molar-refractivity contribution is 6.05. The van der Waals surface area contributed by atoms with Gasteiger partial charge in [0.2, 0.25) is 17.7 Å². The van der Waals surface area contributed by atoms with E-state index >= 15 is 0 Å². The molecule has 2 unspecified atom stereocenters. The van der Waals surface area contributed by atoms with Gasteiger partial charge >= 0.3 is 0 Å². The first-order valence-electron chi connectivity index (χ1n) is 10.2. The summed E-state index contributed by atoms with van der Waals surface area (Å²) < 4.78 is 5.73. The van der Waals surface area contributed by atoms with E-state index < -0.39 is 0 Å². The average molecular weight is 404 g/mol. The van der Waals surface area contributed by atoms with E-state index in [1.54, 1.807) is 24.3 Å². The van der Waals surface area contributed by atoms with Crippen LogP contribution in [0.2, 0.25) is 0 Å². The lowest BCUT2D eigenvalue weighted by Gasteiger charge is -2.14. The second-order valence-corrected chi connectivity index (χ2v) is 7.58. The number of ether oxygens (including phenoxy) is 1. The van der Waals surface area contributed by atoms with Gasteiger partial charge in [-0.2, -0.15) is 0 Å². The molecule has 154 valence electrons. The van der Waals surface area contributed by atoms with Crippen LogP contribution in [-0.4, -0.2) is 29.2 Å². The van der Waals surface area contributed by atoms with E-state index in [2.05, 4.69) is 5.32 Å². The van der Waals surface area contributed by atoms with E-state index in [4.69, 9.17) is 4.74 Å². The van der Waals surface area contributed by atoms with Crippen molar-refractivity contribution in [3.8, 4) is 11.5 Å². The summed E-state index contributed by atoms with van der Waals surface area (Å²) in [6, 6.07) is 16.6. The summed E-state index contributed by atoms with van der Waals surface area (Å²) in [4.78, 5) is 38.5. The summed E-state index contributed by atoms with van der Waals surface area (Å²) in [5, 5.41) is 2.84. The number of benzene rings is 2. The number of para-hydroxylation sites is 1. The number of nitrogens with one attached hydrogen (secondary N) is 1. The first-order chi connectivity index (χ1) is 14.6. The van der Waals surface area contributed by atoms with Gasteiger partial charge < -0.3 is 10.1 Å². The maximum absolute atomic E-state index is 12.4. The van der Waals surface area contributed by atoms with Gasteiger partial charge in [0, 0.05) is 18.7 Å². The number of hydrogen-bond donors (Lipinski definition) is 1. The highest BCUT2D eigenvalue weighted by atomic mass is 16.5. The molecular formula is C24H24N2O4. The van der Waals surface area contributed by atoms with Crippen molar-refractivity contribution in [1.29, 1.82) is 0 Å². The standard InChI is InChI=1S/C24H24N2O4/c27-22(11-6-16-26-23(28)20-9-4-5-10-21(20)24(26)29)25-17-12-14-19(15-13-17)30-18-7-2-1-3-8-18/h1-5,7-8,12-15,20-21H,6,9-11,16H2,(H,25,27). The molecule has 1 saturated heterocycles. The van der Waals surface area contributed by atoms with Gasteiger partial charge in [-0.3, -0.25) is 19.3 Å². The Morgan fingerprint density at radius 2 is 1.50 bits per heavy atom. The van der Waals surface area contributed by atoms with E-state index in [1.165, 1.54) is 4.90 Å². The molecule has 1 aliphatic heterocycles. The topological polar surface area (TPSA) is 75.7 Å². The molecule has 2 aromatic carbocycles. The van der Waals surface area contributed by atoms with E-state index in [0.29, 0.717) is 37.2 Å². The van der Waals surface area contributed by atoms with E-state index in [0.717, 1.165) is 5.75 Å². The zero-order valence-corrected chi connectivity index (χ0v) is 16.6. The molecule has 0 spiro atoms. The molecule has 0 radical (unpaired) electrons. The number of fused-ring (bicyclic) bond motifs is 1. The normalized spacial score (nSPS) is 20.2. The van der Waals surface area contributed by atoms with Crippen molar-refractivity contribution >= 4 is 23.4 Å². The predicted octanol–water partition coefficient (Wildman–Crippen LogP) is 4.15. The van der Waals surface area contributed by atoms with Crippen LogP contribution in [0.3, 0.4) is 0 Å². The first kappa shape index (κ1) is 19.9. The van der Waals surface area contributed by atoms with Crippen molar-refractivity contribution < 1.29 is 19.1 Å². The van der Waals surface area contributed by atoms with E-state index in [1.807, 2.05) is 42.5 Å². The maximum Gasteiger partial charge on any atom is 0.233 e. The van der Waals surface area contributed by atoms with Gasteiger partial charge in [-0.25, -0.2) is 0 Å². The number of imide groups is 1. The number of allylic oxidation sites excluding steroid dienone is 2. The fourth-order valence-electron chi connectivity index (χ4n) is 3.94. The smallest absolute Gasteiger partial charge is 0.233 e. The number of hydrogen-bond acceptors (Lipinski definition) is 4. The predicted molar refractivity (Wildman–Crippen MR) is 113 cm³/mol. The molecule has 1 N–H and O–H groups in total. The molecule has 2 aliphatic rings. The van der Waals surface area contributed by atoms with Crippen LogP contribution in [0.25, 0.3) is 0 Å². The molecule has 2 aromatic rings. The molecule has 30 heavy (non-hydrogen) atoms. The third kappa shape index (κ3) is 4.43. The summed E-state index contributed by atoms with van der Waals surface area (Å²) in [5.74, 6) is 0.662. The van der Waals surface area contributed by atoms with Crippen LogP contribution in [0.5, 0.6) is 11.5 Å². The van der Waals surface area contributed by atoms with Gasteiger partial charge in [0.1, 0.15) is 11.5 Å². The Morgan fingerprint density at radius 3 is 2.13 bits per heavy atom. The summed E-state index contributed by atoms with van der Waals surface area (Å²) in [6.45, 7) is 0.294. The largest absolute Gasteiger partial charge is 0.457 e. The second kappa shape index (κ2) is 8.95. The Kier molecular flexibility index (Phi) is 5.93. The van der Waals surface area contributed by atoms with Crippen LogP contribution < -0.4 is 10.1 Å². The summed E-state index contributed by atoms with van der Waals surface area (Å²) >= 11 is 0. The van der Waals surface area contributed by atoms with E-state index in [-0.39, 0.29) is 36.0 Å². The lowest BCUT2D eigenvalue weighted by Crippen LogP contribution is -2.32. The van der Waals surface area contributed by atoms with Crippen molar-refractivity contribution in [2.24, 2.45) is 11.8 Å². The lowest BCUT2D eigenvalue weighted by atomic mass is 9.85. The SMILES string of the molecule is O=C(CCCN1C(=O)C2CC=CCC2C1=O)Nc1ccc(Oc2ccccc2)cc1. The number of rotatable bonds is 7. The van der Waals surface area contributed by atoms with Crippen molar-refractivity contribution in [2.75, 3.05) is 11.9 Å². The second-order valence-electron chi connectivity index (χ2n) is 7.58. The molecule has 1 fully saturated rings. The highest BCUT2D eigenvalue weighted by Crippen LogP contribution is 2.35. The molecule has 0 aromatic heterocycles. The van der Waals surface area contributed by atoms with Crippen LogP contribution in [0.4, 0.5) is 5.69 Å². The minimum absolute atomic E-state index is 0.0937. The minimum Gasteiger partial charge on any atom is -0.457 e. The van der Waals surface area contributed by atoms with Crippen LogP contribution in [0, 0.1) is 11.8 Å². The van der Waals surface area contributed by atoms with Gasteiger partial charge in [0.15, 0.2) is 0 Å². The first-order valence-corrected chi connectivity index (χ1v) is 10.2. The molecule has 2 atom stereocenters. The van der Waals surface area contributed by atoms with Gasteiger partial charge in [0.25, 0.3) is 0 Å². The molecular weight excluding hydrogens is 380 g/mol. The average Bonchev–Trinajstić information content (AvgIpc) is 3.01. The van der Waals surface area contributed by atoms with Gasteiger partial charge in [-0.1, -0.05) is 30.4 Å². The molecule has 6 heteroatoms. The summed E-state index contributed by atoms with van der Waals surface area (Å²) in [7, 11) is 0. The quantitative estimate of drug-likeness (QED) is 0.556. The Balaban J connectivity index is 1.23. The molecule has 3 amide bonds. The minimum atomic E-state index is -0.215. The molecule has 1 aliphatic carbocycles. The Labute approximate surface area is 175 Å². The Morgan fingerprint density at radius 1 is 0.900 bits per heavy atom. The number of anilines is 1. The third-order valence-electron chi connectivity index (χ3n) is 5.50. The van der Waals surface area contributed by atoms with Crippen LogP contribution >= 0.6 is 0 Å². The Bertz CT molecular complexity index is 927. The molecule has 0 saturated carbocycles. The fourth-order valence-corrected chi connectivity index (χ4v) is 3.94. The maximum atomic E-state index is 12.4. The van der Waals surface area contributed by atoms with Crippen LogP contribution in [0.15, 0.2) is 66.7 Å². The molecule has 4 rings (SSSR count). The monoisotopic (exact) mass is 404 g/mol. The lowest BCUT2D eigenvalue weighted by molar-refractivity contribution is -0.140. The number of carbonyl (C=O) groups excluding carboxylic acids is 3. The zero-order chi connectivity index (χ0) is 20.9. The van der Waals surface area contributed by atoms with E-state index in [9.17, 15) is 14.4 Å². The molecule has 0 bridgehead atoms. The zero-order valence-electron chi connectivity index (χ0n) is 16.6. The summed E-state index contributed by atoms with van der Waals surface area (Å²) in [5.41, 5.74) is 0.672. The van der Waals surface area contributed by atoms with Crippen LogP contribution in [0.1, 0.15) is 25.7 Å². The summed E-state index contributed by atoms with van der Waals surface area (Å²) in [6.07, 6.45) is 5.91.